The van der Waals surface area contributed by atoms with Crippen LogP contribution in [0.1, 0.15) is 17.8 Å². The van der Waals surface area contributed by atoms with Gasteiger partial charge in [-0.2, -0.15) is 5.26 Å². The lowest BCUT2D eigenvalue weighted by molar-refractivity contribution is -0.0880. The van der Waals surface area contributed by atoms with E-state index in [1.807, 2.05) is 6.07 Å². The molecule has 1 heterocycles. The summed E-state index contributed by atoms with van der Waals surface area (Å²) in [6, 6.07) is 3.00. The summed E-state index contributed by atoms with van der Waals surface area (Å²) in [5.41, 5.74) is 0.236. The van der Waals surface area contributed by atoms with Crippen LogP contribution in [0.5, 0.6) is 0 Å². The molecule has 0 aliphatic carbocycles. The Morgan fingerprint density at radius 1 is 1.53 bits per heavy atom. The van der Waals surface area contributed by atoms with E-state index in [2.05, 4.69) is 24.6 Å². The first kappa shape index (κ1) is 15.9. The van der Waals surface area contributed by atoms with Crippen molar-refractivity contribution in [1.82, 2.24) is 9.55 Å². The number of nitrogens with zero attached hydrogens (tertiary/aromatic N) is 3. The maximum atomic E-state index is 9.64. The Balaban J connectivity index is 2.62. The van der Waals surface area contributed by atoms with Crippen LogP contribution < -0.4 is 0 Å². The highest BCUT2D eigenvalue weighted by Crippen LogP contribution is 2.14. The van der Waals surface area contributed by atoms with Crippen molar-refractivity contribution in [2.75, 3.05) is 13.7 Å². The molecule has 7 heteroatoms. The molecule has 0 bridgehead atoms. The van der Waals surface area contributed by atoms with Crippen molar-refractivity contribution in [3.8, 4) is 6.07 Å². The Morgan fingerprint density at radius 3 is 2.74 bits per heavy atom. The largest absolute Gasteiger partial charge is 0.362 e. The molecule has 1 aromatic rings. The summed E-state index contributed by atoms with van der Waals surface area (Å²) in [7, 11) is 0.261. The first-order chi connectivity index (χ1) is 8.87. The number of methoxy groups -OCH3 is 1. The fourth-order valence-corrected chi connectivity index (χ4v) is 2.19. The molecule has 19 heavy (non-hydrogen) atoms. The number of nitriles is 1. The molecule has 1 rings (SSSR count). The fourth-order valence-electron chi connectivity index (χ4n) is 1.43. The Kier molecular flexibility index (Phi) is 5.69. The number of hydrogen-bond acceptors (Lipinski definition) is 5. The van der Waals surface area contributed by atoms with E-state index < -0.39 is 14.4 Å². The summed E-state index contributed by atoms with van der Waals surface area (Å²) >= 11 is 0. The molecule has 106 valence electrons. The first-order valence-corrected chi connectivity index (χ1v) is 9.84. The topological polar surface area (TPSA) is 80.3 Å². The minimum absolute atomic E-state index is 0.236. The van der Waals surface area contributed by atoms with Crippen molar-refractivity contribution in [1.29, 1.82) is 5.26 Å². The highest BCUT2D eigenvalue weighted by Gasteiger charge is 2.17. The van der Waals surface area contributed by atoms with Crippen LogP contribution in [0.25, 0.3) is 0 Å². The Morgan fingerprint density at radius 2 is 2.21 bits per heavy atom. The maximum Gasteiger partial charge on any atom is 0.214 e. The Bertz CT molecular complexity index is 448. The third kappa shape index (κ3) is 5.12. The van der Waals surface area contributed by atoms with E-state index in [0.29, 0.717) is 6.61 Å². The molecule has 0 aliphatic rings. The van der Waals surface area contributed by atoms with Crippen molar-refractivity contribution in [3.05, 3.63) is 17.7 Å². The van der Waals surface area contributed by atoms with Gasteiger partial charge in [0, 0.05) is 28.0 Å². The fraction of sp³-hybridized carbons (Fsp3) is 0.667. The van der Waals surface area contributed by atoms with E-state index in [1.54, 1.807) is 10.8 Å². The molecule has 6 nitrogen and oxygen atoms in total. The van der Waals surface area contributed by atoms with Gasteiger partial charge in [0.25, 0.3) is 0 Å². The molecule has 0 radical (unpaired) electrons. The molecule has 1 atom stereocenters. The van der Waals surface area contributed by atoms with E-state index in [1.165, 1.54) is 7.11 Å². The lowest BCUT2D eigenvalue weighted by Crippen LogP contribution is -2.22. The first-order valence-electron chi connectivity index (χ1n) is 6.13. The van der Waals surface area contributed by atoms with Gasteiger partial charge in [-0.25, -0.2) is 4.98 Å². The van der Waals surface area contributed by atoms with Crippen LogP contribution in [-0.4, -0.2) is 36.4 Å². The molecular weight excluding hydrogens is 262 g/mol. The number of rotatable bonds is 7. The summed E-state index contributed by atoms with van der Waals surface area (Å²) in [5.74, 6) is 0.284. The monoisotopic (exact) mass is 283 g/mol. The second kappa shape index (κ2) is 6.82. The van der Waals surface area contributed by atoms with Crippen LogP contribution in [0.4, 0.5) is 0 Å². The number of ether oxygens (including phenoxy) is 2. The number of aliphatic hydroxyl groups is 1. The third-order valence-electron chi connectivity index (χ3n) is 2.59. The highest BCUT2D eigenvalue weighted by atomic mass is 28.3. The number of hydrogen-bond donors (Lipinski definition) is 1. The zero-order valence-electron chi connectivity index (χ0n) is 11.9. The van der Waals surface area contributed by atoms with Gasteiger partial charge in [-0.05, 0) is 6.04 Å². The van der Waals surface area contributed by atoms with E-state index in [4.69, 9.17) is 14.7 Å². The molecule has 1 N–H and O–H groups in total. The summed E-state index contributed by atoms with van der Waals surface area (Å²) in [4.78, 5) is 3.98. The molecule has 0 aromatic carbocycles. The smallest absolute Gasteiger partial charge is 0.214 e. The molecule has 0 saturated carbocycles. The van der Waals surface area contributed by atoms with Crippen LogP contribution in [0.3, 0.4) is 0 Å². The number of aromatic nitrogens is 2. The summed E-state index contributed by atoms with van der Waals surface area (Å²) in [5, 5.41) is 18.5. The zero-order valence-corrected chi connectivity index (χ0v) is 12.9. The second-order valence-corrected chi connectivity index (χ2v) is 11.1. The van der Waals surface area contributed by atoms with Crippen LogP contribution >= 0.6 is 0 Å². The van der Waals surface area contributed by atoms with Gasteiger partial charge in [0.2, 0.25) is 6.29 Å². The van der Waals surface area contributed by atoms with Gasteiger partial charge < -0.3 is 19.1 Å². The molecular formula is C12H21N3O3Si. The molecule has 0 amide bonds. The van der Waals surface area contributed by atoms with Gasteiger partial charge in [0.15, 0.2) is 11.5 Å². The van der Waals surface area contributed by atoms with Crippen molar-refractivity contribution >= 4 is 8.07 Å². The normalized spacial score (nSPS) is 13.3. The maximum absolute atomic E-state index is 9.64. The van der Waals surface area contributed by atoms with E-state index in [-0.39, 0.29) is 18.2 Å². The Labute approximate surface area is 114 Å². The third-order valence-corrected chi connectivity index (χ3v) is 4.30. The van der Waals surface area contributed by atoms with Crippen molar-refractivity contribution < 1.29 is 14.6 Å². The summed E-state index contributed by atoms with van der Waals surface area (Å²) in [6.07, 6.45) is 0.397. The van der Waals surface area contributed by atoms with Crippen LogP contribution in [-0.2, 0) is 16.2 Å². The lowest BCUT2D eigenvalue weighted by atomic mass is 10.5. The van der Waals surface area contributed by atoms with Gasteiger partial charge in [-0.15, -0.1) is 0 Å². The molecule has 0 saturated heterocycles. The molecule has 1 unspecified atom stereocenters. The molecule has 1 aromatic heterocycles. The van der Waals surface area contributed by atoms with Crippen molar-refractivity contribution in [2.45, 2.75) is 38.7 Å². The number of imidazole rings is 1. The Hall–Kier alpha value is -1.20. The van der Waals surface area contributed by atoms with Crippen LogP contribution in [0, 0.1) is 11.3 Å². The van der Waals surface area contributed by atoms with Gasteiger partial charge >= 0.3 is 0 Å². The minimum Gasteiger partial charge on any atom is -0.362 e. The summed E-state index contributed by atoms with van der Waals surface area (Å²) < 4.78 is 12.0. The standard InChI is InChI=1S/C12H21N3O3Si/c1-17-12(16)11-14-10(7-13)8-15(11)9-18-5-6-19(2,3)4/h8,12,16H,5-6,9H2,1-4H3. The predicted molar refractivity (Wildman–Crippen MR) is 73.0 cm³/mol. The van der Waals surface area contributed by atoms with Gasteiger partial charge in [-0.1, -0.05) is 19.6 Å². The SMILES string of the molecule is COC(O)c1nc(C#N)cn1COCC[Si](C)(C)C. The van der Waals surface area contributed by atoms with E-state index in [0.717, 1.165) is 6.04 Å². The molecule has 0 spiro atoms. The molecule has 0 aliphatic heterocycles. The summed E-state index contributed by atoms with van der Waals surface area (Å²) in [6.45, 7) is 7.76. The van der Waals surface area contributed by atoms with Crippen LogP contribution in [0.15, 0.2) is 6.20 Å². The van der Waals surface area contributed by atoms with E-state index in [9.17, 15) is 5.11 Å². The number of aliphatic hydroxyl groups excluding tert-OH is 1. The predicted octanol–water partition coefficient (Wildman–Crippen LogP) is 1.70. The van der Waals surface area contributed by atoms with Crippen molar-refractivity contribution in [2.24, 2.45) is 0 Å². The quantitative estimate of drug-likeness (QED) is 0.468. The average molecular weight is 283 g/mol. The zero-order chi connectivity index (χ0) is 14.5. The van der Waals surface area contributed by atoms with Crippen molar-refractivity contribution in [3.63, 3.8) is 0 Å². The van der Waals surface area contributed by atoms with E-state index >= 15 is 0 Å². The van der Waals surface area contributed by atoms with Crippen LogP contribution in [0.2, 0.25) is 25.7 Å². The van der Waals surface area contributed by atoms with Gasteiger partial charge in [0.1, 0.15) is 12.8 Å². The second-order valence-electron chi connectivity index (χ2n) is 5.50. The minimum atomic E-state index is -1.15. The molecule has 0 fully saturated rings. The highest BCUT2D eigenvalue weighted by molar-refractivity contribution is 6.76. The van der Waals surface area contributed by atoms with Gasteiger partial charge in [0.05, 0.1) is 0 Å². The lowest BCUT2D eigenvalue weighted by Gasteiger charge is -2.16. The average Bonchev–Trinajstić information content (AvgIpc) is 2.76. The van der Waals surface area contributed by atoms with Gasteiger partial charge in [-0.3, -0.25) is 0 Å².